The lowest BCUT2D eigenvalue weighted by molar-refractivity contribution is 0.0923. The predicted molar refractivity (Wildman–Crippen MR) is 117 cm³/mol. The van der Waals surface area contributed by atoms with Crippen molar-refractivity contribution in [1.29, 1.82) is 0 Å². The van der Waals surface area contributed by atoms with Crippen molar-refractivity contribution in [1.82, 2.24) is 25.0 Å². The molecular formula is C22H29N5OS. The number of fused-ring (bicyclic) bond motifs is 1. The number of nitrogens with zero attached hydrogens (tertiary/aromatic N) is 4. The van der Waals surface area contributed by atoms with Crippen LogP contribution in [0.1, 0.15) is 47.6 Å². The number of carbonyl (C=O) groups is 1. The molecule has 4 rings (SSSR count). The number of likely N-dealkylation sites (tertiary alicyclic amines) is 1. The molecule has 7 heteroatoms. The van der Waals surface area contributed by atoms with Gasteiger partial charge in [-0.2, -0.15) is 5.10 Å². The first-order valence-corrected chi connectivity index (χ1v) is 11.3. The summed E-state index contributed by atoms with van der Waals surface area (Å²) in [4.78, 5) is 21.3. The maximum Gasteiger partial charge on any atom is 0.252 e. The highest BCUT2D eigenvalue weighted by Gasteiger charge is 2.22. The van der Waals surface area contributed by atoms with Gasteiger partial charge in [-0.15, -0.1) is 11.3 Å². The average Bonchev–Trinajstić information content (AvgIpc) is 3.36. The molecule has 1 aliphatic rings. The van der Waals surface area contributed by atoms with Crippen molar-refractivity contribution in [3.8, 4) is 0 Å². The van der Waals surface area contributed by atoms with Gasteiger partial charge in [0.1, 0.15) is 0 Å². The number of piperidine rings is 1. The maximum absolute atomic E-state index is 13.0. The van der Waals surface area contributed by atoms with E-state index in [2.05, 4.69) is 45.6 Å². The number of rotatable bonds is 6. The molecule has 154 valence electrons. The molecule has 0 aromatic carbocycles. The molecule has 1 N–H and O–H groups in total. The van der Waals surface area contributed by atoms with Crippen LogP contribution >= 0.6 is 11.3 Å². The largest absolute Gasteiger partial charge is 0.350 e. The van der Waals surface area contributed by atoms with Crippen LogP contribution in [-0.4, -0.2) is 51.2 Å². The summed E-state index contributed by atoms with van der Waals surface area (Å²) >= 11 is 1.70. The Morgan fingerprint density at radius 2 is 2.17 bits per heavy atom. The summed E-state index contributed by atoms with van der Waals surface area (Å²) in [6, 6.07) is 6.33. The van der Waals surface area contributed by atoms with Gasteiger partial charge in [0.25, 0.3) is 5.91 Å². The molecule has 1 aliphatic heterocycles. The summed E-state index contributed by atoms with van der Waals surface area (Å²) in [5, 5.41) is 10.5. The van der Waals surface area contributed by atoms with Crippen molar-refractivity contribution < 1.29 is 4.79 Å². The molecule has 1 unspecified atom stereocenters. The zero-order valence-corrected chi connectivity index (χ0v) is 18.2. The number of hydrogen-bond acceptors (Lipinski definition) is 5. The lowest BCUT2D eigenvalue weighted by atomic mass is 9.98. The first-order valence-electron chi connectivity index (χ1n) is 10.4. The lowest BCUT2D eigenvalue weighted by Crippen LogP contribution is -2.45. The molecule has 1 saturated heterocycles. The second-order valence-corrected chi connectivity index (χ2v) is 9.24. The molecule has 4 heterocycles. The van der Waals surface area contributed by atoms with E-state index < -0.39 is 0 Å². The molecule has 1 atom stereocenters. The summed E-state index contributed by atoms with van der Waals surface area (Å²) in [5.74, 6) is 0.764. The van der Waals surface area contributed by atoms with E-state index in [0.29, 0.717) is 24.7 Å². The van der Waals surface area contributed by atoms with Crippen molar-refractivity contribution in [3.05, 3.63) is 45.9 Å². The number of thiophene rings is 1. The first-order chi connectivity index (χ1) is 14.0. The van der Waals surface area contributed by atoms with Crippen molar-refractivity contribution in [2.24, 2.45) is 5.92 Å². The van der Waals surface area contributed by atoms with E-state index in [1.807, 2.05) is 23.7 Å². The number of aryl methyl sites for hydroxylation is 1. The molecule has 0 spiro atoms. The van der Waals surface area contributed by atoms with Crippen LogP contribution in [0.15, 0.2) is 29.8 Å². The van der Waals surface area contributed by atoms with Gasteiger partial charge in [0.05, 0.1) is 23.7 Å². The van der Waals surface area contributed by atoms with E-state index in [4.69, 9.17) is 0 Å². The summed E-state index contributed by atoms with van der Waals surface area (Å²) in [7, 11) is 0. The van der Waals surface area contributed by atoms with E-state index in [0.717, 1.165) is 35.7 Å². The third-order valence-corrected chi connectivity index (χ3v) is 6.73. The van der Waals surface area contributed by atoms with Crippen LogP contribution in [0, 0.1) is 12.8 Å². The van der Waals surface area contributed by atoms with E-state index in [9.17, 15) is 4.79 Å². The van der Waals surface area contributed by atoms with Gasteiger partial charge in [0.15, 0.2) is 5.65 Å². The zero-order valence-electron chi connectivity index (χ0n) is 17.4. The minimum absolute atomic E-state index is 0.0478. The third-order valence-electron chi connectivity index (χ3n) is 5.87. The molecule has 1 fully saturated rings. The van der Waals surface area contributed by atoms with Gasteiger partial charge in [-0.05, 0) is 63.2 Å². The minimum Gasteiger partial charge on any atom is -0.350 e. The number of nitrogens with one attached hydrogen (secondary N) is 1. The van der Waals surface area contributed by atoms with Crippen LogP contribution in [0.2, 0.25) is 0 Å². The molecule has 6 nitrogen and oxygen atoms in total. The van der Waals surface area contributed by atoms with Crippen LogP contribution < -0.4 is 5.32 Å². The van der Waals surface area contributed by atoms with Crippen LogP contribution in [0.25, 0.3) is 11.0 Å². The predicted octanol–water partition coefficient (Wildman–Crippen LogP) is 3.70. The van der Waals surface area contributed by atoms with Gasteiger partial charge >= 0.3 is 0 Å². The van der Waals surface area contributed by atoms with E-state index in [1.54, 1.807) is 17.5 Å². The summed E-state index contributed by atoms with van der Waals surface area (Å²) in [5.41, 5.74) is 2.25. The van der Waals surface area contributed by atoms with E-state index in [-0.39, 0.29) is 5.91 Å². The Balaban J connectivity index is 1.48. The Labute approximate surface area is 175 Å². The summed E-state index contributed by atoms with van der Waals surface area (Å²) in [6.07, 6.45) is 4.25. The van der Waals surface area contributed by atoms with Crippen LogP contribution in [0.4, 0.5) is 0 Å². The number of carbonyl (C=O) groups excluding carboxylic acids is 1. The molecule has 0 bridgehead atoms. The molecular weight excluding hydrogens is 382 g/mol. The highest BCUT2D eigenvalue weighted by Crippen LogP contribution is 2.21. The van der Waals surface area contributed by atoms with Crippen molar-refractivity contribution >= 4 is 28.3 Å². The van der Waals surface area contributed by atoms with Crippen molar-refractivity contribution in [2.75, 3.05) is 19.6 Å². The number of pyridine rings is 1. The highest BCUT2D eigenvalue weighted by molar-refractivity contribution is 7.09. The van der Waals surface area contributed by atoms with Crippen LogP contribution in [-0.2, 0) is 6.54 Å². The minimum atomic E-state index is -0.0478. The molecule has 3 aromatic heterocycles. The second kappa shape index (κ2) is 8.63. The van der Waals surface area contributed by atoms with E-state index in [1.165, 1.54) is 17.7 Å². The average molecular weight is 412 g/mol. The highest BCUT2D eigenvalue weighted by atomic mass is 32.1. The Hall–Kier alpha value is -2.25. The Morgan fingerprint density at radius 1 is 1.38 bits per heavy atom. The monoisotopic (exact) mass is 411 g/mol. The van der Waals surface area contributed by atoms with Gasteiger partial charge in [-0.1, -0.05) is 13.0 Å². The second-order valence-electron chi connectivity index (χ2n) is 8.21. The SMILES string of the molecule is Cc1cc(C(=O)NCC(C)N2CCC(C)CC2)c2cnn(Cc3cccs3)c2n1. The van der Waals surface area contributed by atoms with Gasteiger partial charge in [-0.3, -0.25) is 9.69 Å². The zero-order chi connectivity index (χ0) is 20.4. The molecule has 0 aliphatic carbocycles. The number of aromatic nitrogens is 3. The van der Waals surface area contributed by atoms with Crippen LogP contribution in [0.5, 0.6) is 0 Å². The smallest absolute Gasteiger partial charge is 0.252 e. The van der Waals surface area contributed by atoms with Gasteiger partial charge in [0.2, 0.25) is 0 Å². The summed E-state index contributed by atoms with van der Waals surface area (Å²) in [6.45, 7) is 10.00. The Morgan fingerprint density at radius 3 is 2.90 bits per heavy atom. The standard InChI is InChI=1S/C22H29N5OS/c1-15-6-8-26(9-7-15)17(3)12-23-22(28)19-11-16(2)25-21-20(19)13-24-27(21)14-18-5-4-10-29-18/h4-5,10-11,13,15,17H,6-9,12,14H2,1-3H3,(H,23,28). The Kier molecular flexibility index (Phi) is 5.96. The molecule has 29 heavy (non-hydrogen) atoms. The third kappa shape index (κ3) is 4.51. The fourth-order valence-electron chi connectivity index (χ4n) is 3.96. The first kappa shape index (κ1) is 20.0. The number of amides is 1. The van der Waals surface area contributed by atoms with Crippen molar-refractivity contribution in [2.45, 2.75) is 46.2 Å². The quantitative estimate of drug-likeness (QED) is 0.672. The maximum atomic E-state index is 13.0. The van der Waals surface area contributed by atoms with Gasteiger partial charge in [0, 0.05) is 23.2 Å². The fourth-order valence-corrected chi connectivity index (χ4v) is 4.65. The number of hydrogen-bond donors (Lipinski definition) is 1. The fraction of sp³-hybridized carbons (Fsp3) is 0.500. The molecule has 1 amide bonds. The molecule has 3 aromatic rings. The van der Waals surface area contributed by atoms with Gasteiger partial charge < -0.3 is 5.32 Å². The molecule has 0 radical (unpaired) electrons. The van der Waals surface area contributed by atoms with E-state index >= 15 is 0 Å². The van der Waals surface area contributed by atoms with Crippen molar-refractivity contribution in [3.63, 3.8) is 0 Å². The van der Waals surface area contributed by atoms with Gasteiger partial charge in [-0.25, -0.2) is 9.67 Å². The Bertz CT molecular complexity index is 973. The topological polar surface area (TPSA) is 63.1 Å². The summed E-state index contributed by atoms with van der Waals surface area (Å²) < 4.78 is 1.88. The van der Waals surface area contributed by atoms with Crippen LogP contribution in [0.3, 0.4) is 0 Å². The lowest BCUT2D eigenvalue weighted by Gasteiger charge is -2.35. The normalized spacial score (nSPS) is 16.9. The molecule has 0 saturated carbocycles.